The summed E-state index contributed by atoms with van der Waals surface area (Å²) < 4.78 is 6.55. The highest BCUT2D eigenvalue weighted by molar-refractivity contribution is 6.20. The number of alkyl halides is 1. The third-order valence-corrected chi connectivity index (χ3v) is 6.82. The van der Waals surface area contributed by atoms with Crippen LogP contribution in [0.5, 0.6) is 0 Å². The molecular weight excluding hydrogens is 268 g/mol. The summed E-state index contributed by atoms with van der Waals surface area (Å²) in [7, 11) is 0. The molecule has 2 aliphatic carbocycles. The van der Waals surface area contributed by atoms with E-state index in [0.29, 0.717) is 17.4 Å². The minimum absolute atomic E-state index is 0.281. The van der Waals surface area contributed by atoms with Crippen LogP contribution in [0, 0.1) is 11.8 Å². The molecule has 1 spiro atoms. The van der Waals surface area contributed by atoms with Crippen LogP contribution in [0.25, 0.3) is 0 Å². The quantitative estimate of drug-likeness (QED) is 0.608. The molecule has 0 amide bonds. The van der Waals surface area contributed by atoms with Gasteiger partial charge in [0.1, 0.15) is 0 Å². The summed E-state index contributed by atoms with van der Waals surface area (Å²) in [6.45, 7) is 2.33. The van der Waals surface area contributed by atoms with Crippen LogP contribution < -0.4 is 0 Å². The Balaban J connectivity index is 1.53. The van der Waals surface area contributed by atoms with Crippen LogP contribution in [0.2, 0.25) is 0 Å². The van der Waals surface area contributed by atoms with Crippen molar-refractivity contribution in [1.82, 2.24) is 0 Å². The van der Waals surface area contributed by atoms with Gasteiger partial charge in [-0.2, -0.15) is 0 Å². The zero-order valence-corrected chi connectivity index (χ0v) is 13.8. The summed E-state index contributed by atoms with van der Waals surface area (Å²) in [4.78, 5) is 0. The third kappa shape index (κ3) is 3.35. The van der Waals surface area contributed by atoms with Crippen LogP contribution in [-0.2, 0) is 4.74 Å². The maximum atomic E-state index is 6.61. The van der Waals surface area contributed by atoms with E-state index in [1.165, 1.54) is 77.0 Å². The monoisotopic (exact) mass is 298 g/mol. The molecule has 2 saturated carbocycles. The second-order valence-electron chi connectivity index (χ2n) is 7.62. The zero-order valence-electron chi connectivity index (χ0n) is 13.1. The minimum atomic E-state index is 0.281. The first-order valence-electron chi connectivity index (χ1n) is 9.03. The molecule has 4 atom stereocenters. The number of halogens is 1. The average molecular weight is 299 g/mol. The Morgan fingerprint density at radius 3 is 2.60 bits per heavy atom. The lowest BCUT2D eigenvalue weighted by atomic mass is 9.77. The van der Waals surface area contributed by atoms with E-state index in [4.69, 9.17) is 16.3 Å². The Morgan fingerprint density at radius 2 is 1.85 bits per heavy atom. The fraction of sp³-hybridized carbons (Fsp3) is 1.00. The van der Waals surface area contributed by atoms with E-state index in [0.717, 1.165) is 5.92 Å². The molecule has 1 heterocycles. The van der Waals surface area contributed by atoms with Gasteiger partial charge in [0, 0.05) is 5.38 Å². The van der Waals surface area contributed by atoms with Crippen LogP contribution in [-0.4, -0.2) is 17.1 Å². The summed E-state index contributed by atoms with van der Waals surface area (Å²) >= 11 is 6.61. The lowest BCUT2D eigenvalue weighted by Crippen LogP contribution is -2.33. The fourth-order valence-corrected chi connectivity index (χ4v) is 5.23. The first-order valence-corrected chi connectivity index (χ1v) is 9.46. The normalized spacial score (nSPS) is 41.1. The molecule has 20 heavy (non-hydrogen) atoms. The molecule has 0 bridgehead atoms. The average Bonchev–Trinajstić information content (AvgIpc) is 2.84. The summed E-state index contributed by atoms with van der Waals surface area (Å²) in [6, 6.07) is 0. The van der Waals surface area contributed by atoms with Crippen molar-refractivity contribution in [2.75, 3.05) is 0 Å². The predicted molar refractivity (Wildman–Crippen MR) is 85.3 cm³/mol. The van der Waals surface area contributed by atoms with Gasteiger partial charge in [-0.15, -0.1) is 11.6 Å². The van der Waals surface area contributed by atoms with Gasteiger partial charge in [0.2, 0.25) is 0 Å². The van der Waals surface area contributed by atoms with Gasteiger partial charge in [0.25, 0.3) is 0 Å². The second-order valence-corrected chi connectivity index (χ2v) is 8.18. The van der Waals surface area contributed by atoms with Crippen LogP contribution >= 0.6 is 11.6 Å². The van der Waals surface area contributed by atoms with E-state index in [9.17, 15) is 0 Å². The molecule has 116 valence electrons. The highest BCUT2D eigenvalue weighted by Crippen LogP contribution is 2.45. The van der Waals surface area contributed by atoms with E-state index in [-0.39, 0.29) is 5.60 Å². The molecule has 1 saturated heterocycles. The molecule has 0 radical (unpaired) electrons. The van der Waals surface area contributed by atoms with Crippen molar-refractivity contribution in [3.05, 3.63) is 0 Å². The molecule has 3 fully saturated rings. The second kappa shape index (κ2) is 6.57. The Bertz CT molecular complexity index is 311. The zero-order chi connectivity index (χ0) is 14.0. The Morgan fingerprint density at radius 1 is 1.05 bits per heavy atom. The number of ether oxygens (including phenoxy) is 1. The highest BCUT2D eigenvalue weighted by atomic mass is 35.5. The van der Waals surface area contributed by atoms with Crippen LogP contribution in [0.3, 0.4) is 0 Å². The van der Waals surface area contributed by atoms with Crippen LogP contribution in [0.4, 0.5) is 0 Å². The van der Waals surface area contributed by atoms with E-state index in [1.807, 2.05) is 0 Å². The van der Waals surface area contributed by atoms with Crippen molar-refractivity contribution in [3.63, 3.8) is 0 Å². The standard InChI is InChI=1S/C18H31ClO/c1-2-14-6-7-17(19)15(12-14)13-16-8-11-18(20-16)9-4-3-5-10-18/h14-17H,2-13H2,1H3. The first-order chi connectivity index (χ1) is 9.71. The van der Waals surface area contributed by atoms with Gasteiger partial charge in [0.05, 0.1) is 11.7 Å². The maximum Gasteiger partial charge on any atom is 0.0687 e. The van der Waals surface area contributed by atoms with Crippen molar-refractivity contribution in [2.24, 2.45) is 11.8 Å². The van der Waals surface area contributed by atoms with E-state index >= 15 is 0 Å². The highest BCUT2D eigenvalue weighted by Gasteiger charge is 2.42. The first kappa shape index (κ1) is 15.2. The molecule has 3 aliphatic rings. The third-order valence-electron chi connectivity index (χ3n) is 6.24. The van der Waals surface area contributed by atoms with Gasteiger partial charge >= 0.3 is 0 Å². The van der Waals surface area contributed by atoms with Crippen molar-refractivity contribution in [3.8, 4) is 0 Å². The molecule has 0 N–H and O–H groups in total. The number of rotatable bonds is 3. The van der Waals surface area contributed by atoms with Gasteiger partial charge < -0.3 is 4.74 Å². The lowest BCUT2D eigenvalue weighted by molar-refractivity contribution is -0.0715. The fourth-order valence-electron chi connectivity index (χ4n) is 4.90. The van der Waals surface area contributed by atoms with Gasteiger partial charge in [0.15, 0.2) is 0 Å². The van der Waals surface area contributed by atoms with Crippen molar-refractivity contribution in [2.45, 2.75) is 101 Å². The molecule has 2 heteroatoms. The van der Waals surface area contributed by atoms with E-state index in [1.54, 1.807) is 0 Å². The number of hydrogen-bond donors (Lipinski definition) is 0. The number of hydrogen-bond acceptors (Lipinski definition) is 1. The lowest BCUT2D eigenvalue weighted by Gasteiger charge is -2.36. The van der Waals surface area contributed by atoms with Gasteiger partial charge in [-0.1, -0.05) is 32.6 Å². The summed E-state index contributed by atoms with van der Waals surface area (Å²) in [6.07, 6.45) is 16.4. The minimum Gasteiger partial charge on any atom is -0.372 e. The predicted octanol–water partition coefficient (Wildman–Crippen LogP) is 5.69. The van der Waals surface area contributed by atoms with Gasteiger partial charge in [-0.25, -0.2) is 0 Å². The topological polar surface area (TPSA) is 9.23 Å². The largest absolute Gasteiger partial charge is 0.372 e. The SMILES string of the molecule is CCC1CCC(Cl)C(CC2CCC3(CCCCC3)O2)C1. The van der Waals surface area contributed by atoms with Crippen LogP contribution in [0.15, 0.2) is 0 Å². The molecule has 0 aromatic heterocycles. The molecule has 3 rings (SSSR count). The van der Waals surface area contributed by atoms with Gasteiger partial charge in [-0.3, -0.25) is 0 Å². The Hall–Kier alpha value is 0.250. The smallest absolute Gasteiger partial charge is 0.0687 e. The maximum absolute atomic E-state index is 6.61. The molecule has 4 unspecified atom stereocenters. The van der Waals surface area contributed by atoms with Gasteiger partial charge in [-0.05, 0) is 63.2 Å². The van der Waals surface area contributed by atoms with E-state index < -0.39 is 0 Å². The molecule has 0 aromatic rings. The van der Waals surface area contributed by atoms with Crippen molar-refractivity contribution >= 4 is 11.6 Å². The Kier molecular flexibility index (Phi) is 4.98. The van der Waals surface area contributed by atoms with Crippen LogP contribution in [0.1, 0.15) is 84.0 Å². The van der Waals surface area contributed by atoms with Crippen molar-refractivity contribution in [1.29, 1.82) is 0 Å². The molecule has 1 nitrogen and oxygen atoms in total. The summed E-state index contributed by atoms with van der Waals surface area (Å²) in [5, 5.41) is 0.407. The summed E-state index contributed by atoms with van der Waals surface area (Å²) in [5.74, 6) is 1.62. The summed E-state index contributed by atoms with van der Waals surface area (Å²) in [5.41, 5.74) is 0.281. The molecule has 0 aromatic carbocycles. The van der Waals surface area contributed by atoms with Crippen molar-refractivity contribution < 1.29 is 4.74 Å². The molecular formula is C18H31ClO. The molecule has 1 aliphatic heterocycles. The Labute approximate surface area is 129 Å². The van der Waals surface area contributed by atoms with E-state index in [2.05, 4.69) is 6.92 Å².